The summed E-state index contributed by atoms with van der Waals surface area (Å²) in [4.78, 5) is 20.5. The Morgan fingerprint density at radius 2 is 1.88 bits per heavy atom. The van der Waals surface area contributed by atoms with E-state index < -0.39 is 0 Å². The highest BCUT2D eigenvalue weighted by atomic mass is 16.2. The Hall–Kier alpha value is -2.70. The van der Waals surface area contributed by atoms with Crippen molar-refractivity contribution in [1.82, 2.24) is 20.1 Å². The number of anilines is 3. The number of carbonyl (C=O) groups excluding carboxylic acids is 1. The van der Waals surface area contributed by atoms with Gasteiger partial charge in [-0.05, 0) is 43.0 Å². The van der Waals surface area contributed by atoms with E-state index in [4.69, 9.17) is 0 Å². The summed E-state index contributed by atoms with van der Waals surface area (Å²) in [6, 6.07) is 9.53. The highest BCUT2D eigenvalue weighted by Crippen LogP contribution is 2.33. The van der Waals surface area contributed by atoms with Crippen LogP contribution in [-0.2, 0) is 4.79 Å². The lowest BCUT2D eigenvalue weighted by molar-refractivity contribution is -0.131. The molecule has 0 atom stereocenters. The van der Waals surface area contributed by atoms with Gasteiger partial charge < -0.3 is 15.1 Å². The summed E-state index contributed by atoms with van der Waals surface area (Å²) in [5.41, 5.74) is 0. The predicted octanol–water partition coefficient (Wildman–Crippen LogP) is 2.06. The lowest BCUT2D eigenvalue weighted by Crippen LogP contribution is -2.49. The van der Waals surface area contributed by atoms with E-state index in [0.717, 1.165) is 44.2 Å². The number of nitrogens with one attached hydrogen (secondary N) is 1. The smallest absolute Gasteiger partial charge is 0.222 e. The van der Waals surface area contributed by atoms with Gasteiger partial charge in [-0.3, -0.25) is 4.79 Å². The molecule has 2 aromatic rings. The van der Waals surface area contributed by atoms with Crippen molar-refractivity contribution in [3.05, 3.63) is 36.5 Å². The summed E-state index contributed by atoms with van der Waals surface area (Å²) >= 11 is 0. The Morgan fingerprint density at radius 3 is 2.52 bits per heavy atom. The van der Waals surface area contributed by atoms with Crippen LogP contribution in [0.3, 0.4) is 0 Å². The molecule has 1 N–H and O–H groups in total. The number of piperazine rings is 1. The van der Waals surface area contributed by atoms with Crippen LogP contribution < -0.4 is 10.2 Å². The molecular weight excluding hydrogens is 316 g/mol. The van der Waals surface area contributed by atoms with Crippen molar-refractivity contribution < 1.29 is 4.79 Å². The number of rotatable bonds is 5. The second-order valence-electron chi connectivity index (χ2n) is 6.63. The van der Waals surface area contributed by atoms with E-state index in [9.17, 15) is 4.79 Å². The molecule has 0 spiro atoms. The van der Waals surface area contributed by atoms with Gasteiger partial charge in [0, 0.05) is 38.8 Å². The maximum atomic E-state index is 12.2. The molecule has 3 heterocycles. The van der Waals surface area contributed by atoms with Crippen molar-refractivity contribution >= 4 is 23.4 Å². The van der Waals surface area contributed by atoms with E-state index in [-0.39, 0.29) is 0 Å². The van der Waals surface area contributed by atoms with Crippen molar-refractivity contribution in [2.45, 2.75) is 19.3 Å². The van der Waals surface area contributed by atoms with E-state index in [1.807, 2.05) is 35.2 Å². The molecular formula is C18H22N6O. The van der Waals surface area contributed by atoms with Gasteiger partial charge in [-0.15, -0.1) is 10.2 Å². The van der Waals surface area contributed by atoms with Crippen LogP contribution in [-0.4, -0.2) is 52.2 Å². The molecule has 0 radical (unpaired) electrons. The van der Waals surface area contributed by atoms with E-state index >= 15 is 0 Å². The number of aromatic nitrogens is 3. The van der Waals surface area contributed by atoms with Crippen molar-refractivity contribution in [1.29, 1.82) is 0 Å². The predicted molar refractivity (Wildman–Crippen MR) is 95.7 cm³/mol. The monoisotopic (exact) mass is 338 g/mol. The molecule has 7 nitrogen and oxygen atoms in total. The minimum absolute atomic E-state index is 0.308. The SMILES string of the molecule is O=C(CC1CC1)N1CCN(c2ccc(Nc3ccccn3)nn2)CC1. The van der Waals surface area contributed by atoms with E-state index in [1.54, 1.807) is 6.20 Å². The van der Waals surface area contributed by atoms with E-state index in [1.165, 1.54) is 12.8 Å². The van der Waals surface area contributed by atoms with Crippen LogP contribution >= 0.6 is 0 Å². The molecule has 1 aliphatic heterocycles. The first kappa shape index (κ1) is 15.8. The normalized spacial score (nSPS) is 17.4. The van der Waals surface area contributed by atoms with Gasteiger partial charge in [0.05, 0.1) is 0 Å². The first-order valence-electron chi connectivity index (χ1n) is 8.82. The first-order chi connectivity index (χ1) is 12.3. The van der Waals surface area contributed by atoms with Crippen LogP contribution in [0, 0.1) is 5.92 Å². The maximum absolute atomic E-state index is 12.2. The molecule has 1 saturated heterocycles. The average molecular weight is 338 g/mol. The third kappa shape index (κ3) is 4.04. The van der Waals surface area contributed by atoms with Crippen LogP contribution in [0.1, 0.15) is 19.3 Å². The zero-order valence-electron chi connectivity index (χ0n) is 14.1. The fourth-order valence-electron chi connectivity index (χ4n) is 3.01. The van der Waals surface area contributed by atoms with E-state index in [0.29, 0.717) is 17.6 Å². The lowest BCUT2D eigenvalue weighted by atomic mass is 10.2. The van der Waals surface area contributed by atoms with Gasteiger partial charge in [0.2, 0.25) is 5.91 Å². The third-order valence-electron chi connectivity index (χ3n) is 4.69. The fraction of sp³-hybridized carbons (Fsp3) is 0.444. The summed E-state index contributed by atoms with van der Waals surface area (Å²) in [7, 11) is 0. The lowest BCUT2D eigenvalue weighted by Gasteiger charge is -2.35. The second-order valence-corrected chi connectivity index (χ2v) is 6.63. The van der Waals surface area contributed by atoms with Crippen molar-refractivity contribution in [2.24, 2.45) is 5.92 Å². The summed E-state index contributed by atoms with van der Waals surface area (Å²) < 4.78 is 0. The molecule has 130 valence electrons. The molecule has 7 heteroatoms. The average Bonchev–Trinajstić information content (AvgIpc) is 3.47. The van der Waals surface area contributed by atoms with Gasteiger partial charge in [0.15, 0.2) is 11.6 Å². The molecule has 0 unspecified atom stereocenters. The number of carbonyl (C=O) groups is 1. The number of amides is 1. The minimum atomic E-state index is 0.308. The zero-order valence-corrected chi connectivity index (χ0v) is 14.1. The summed E-state index contributed by atoms with van der Waals surface area (Å²) in [6.07, 6.45) is 4.90. The maximum Gasteiger partial charge on any atom is 0.222 e. The van der Waals surface area contributed by atoms with Gasteiger partial charge in [-0.25, -0.2) is 4.98 Å². The fourth-order valence-corrected chi connectivity index (χ4v) is 3.01. The Bertz CT molecular complexity index is 708. The quantitative estimate of drug-likeness (QED) is 0.899. The van der Waals surface area contributed by atoms with Crippen LogP contribution in [0.25, 0.3) is 0 Å². The van der Waals surface area contributed by atoms with Crippen LogP contribution in [0.4, 0.5) is 17.5 Å². The van der Waals surface area contributed by atoms with Gasteiger partial charge in [0.25, 0.3) is 0 Å². The number of nitrogens with zero attached hydrogens (tertiary/aromatic N) is 5. The summed E-state index contributed by atoms with van der Waals surface area (Å²) in [5.74, 6) is 3.22. The molecule has 25 heavy (non-hydrogen) atoms. The highest BCUT2D eigenvalue weighted by molar-refractivity contribution is 5.77. The van der Waals surface area contributed by atoms with Gasteiger partial charge in [0.1, 0.15) is 5.82 Å². The van der Waals surface area contributed by atoms with Crippen LogP contribution in [0.15, 0.2) is 36.5 Å². The number of pyridine rings is 1. The number of hydrogen-bond donors (Lipinski definition) is 1. The van der Waals surface area contributed by atoms with Crippen LogP contribution in [0.5, 0.6) is 0 Å². The van der Waals surface area contributed by atoms with Crippen molar-refractivity contribution in [2.75, 3.05) is 36.4 Å². The standard InChI is InChI=1S/C18H22N6O/c25-18(13-14-4-5-14)24-11-9-23(10-12-24)17-7-6-16(21-22-17)20-15-3-1-2-8-19-15/h1-3,6-8,14H,4-5,9-13H2,(H,19,20,21). The number of hydrogen-bond acceptors (Lipinski definition) is 6. The molecule has 2 fully saturated rings. The third-order valence-corrected chi connectivity index (χ3v) is 4.69. The molecule has 0 aromatic carbocycles. The molecule has 0 bridgehead atoms. The van der Waals surface area contributed by atoms with Gasteiger partial charge in [-0.1, -0.05) is 6.07 Å². The van der Waals surface area contributed by atoms with Crippen LogP contribution in [0.2, 0.25) is 0 Å². The Labute approximate surface area is 147 Å². The second kappa shape index (κ2) is 7.04. The van der Waals surface area contributed by atoms with Crippen molar-refractivity contribution in [3.63, 3.8) is 0 Å². The van der Waals surface area contributed by atoms with Crippen molar-refractivity contribution in [3.8, 4) is 0 Å². The molecule has 1 aliphatic carbocycles. The van der Waals surface area contributed by atoms with Gasteiger partial charge in [-0.2, -0.15) is 0 Å². The van der Waals surface area contributed by atoms with Gasteiger partial charge >= 0.3 is 0 Å². The summed E-state index contributed by atoms with van der Waals surface area (Å²) in [5, 5.41) is 11.7. The molecule has 4 rings (SSSR count). The molecule has 1 saturated carbocycles. The largest absolute Gasteiger partial charge is 0.352 e. The highest BCUT2D eigenvalue weighted by Gasteiger charge is 2.28. The minimum Gasteiger partial charge on any atom is -0.352 e. The molecule has 2 aliphatic rings. The molecule has 2 aromatic heterocycles. The Balaban J connectivity index is 1.31. The first-order valence-corrected chi connectivity index (χ1v) is 8.82. The molecule has 1 amide bonds. The topological polar surface area (TPSA) is 74.2 Å². The Kier molecular flexibility index (Phi) is 4.45. The zero-order chi connectivity index (χ0) is 17.1. The van der Waals surface area contributed by atoms with E-state index in [2.05, 4.69) is 25.4 Å². The summed E-state index contributed by atoms with van der Waals surface area (Å²) in [6.45, 7) is 3.14. The Morgan fingerprint density at radius 1 is 1.04 bits per heavy atom.